The summed E-state index contributed by atoms with van der Waals surface area (Å²) in [6.45, 7) is 6.58. The normalized spacial score (nSPS) is 12.5. The molecule has 0 saturated carbocycles. The minimum absolute atomic E-state index is 0.0672. The fourth-order valence-corrected chi connectivity index (χ4v) is 10.5. The molecule has 6 nitrogen and oxygen atoms in total. The molecule has 0 amide bonds. The summed E-state index contributed by atoms with van der Waals surface area (Å²) in [5.74, 6) is -0.843. The van der Waals surface area contributed by atoms with Crippen LogP contribution in [0.3, 0.4) is 0 Å². The van der Waals surface area contributed by atoms with E-state index in [-0.39, 0.29) is 31.1 Å². The summed E-state index contributed by atoms with van der Waals surface area (Å²) >= 11 is 0. The minimum Gasteiger partial charge on any atom is -0.462 e. The van der Waals surface area contributed by atoms with E-state index in [0.717, 1.165) is 96.3 Å². The second-order valence-corrected chi connectivity index (χ2v) is 23.8. The van der Waals surface area contributed by atoms with Gasteiger partial charge in [0, 0.05) is 19.3 Å². The molecule has 81 heavy (non-hydrogen) atoms. The van der Waals surface area contributed by atoms with Crippen LogP contribution >= 0.6 is 0 Å². The summed E-state index contributed by atoms with van der Waals surface area (Å²) in [4.78, 5) is 38.3. The van der Waals surface area contributed by atoms with Crippen LogP contribution in [0.1, 0.15) is 367 Å². The molecule has 0 fully saturated rings. The Morgan fingerprint density at radius 2 is 0.481 bits per heavy atom. The fraction of sp³-hybridized carbons (Fsp3) is 0.800. The van der Waals surface area contributed by atoms with Crippen LogP contribution in [-0.4, -0.2) is 37.2 Å². The van der Waals surface area contributed by atoms with Gasteiger partial charge < -0.3 is 14.2 Å². The van der Waals surface area contributed by atoms with Crippen LogP contribution in [0.2, 0.25) is 0 Å². The van der Waals surface area contributed by atoms with Gasteiger partial charge in [0.15, 0.2) is 6.10 Å². The summed E-state index contributed by atoms with van der Waals surface area (Å²) < 4.78 is 17.0. The van der Waals surface area contributed by atoms with Gasteiger partial charge in [-0.2, -0.15) is 0 Å². The summed E-state index contributed by atoms with van der Waals surface area (Å²) in [6.07, 6.45) is 90.8. The highest BCUT2D eigenvalue weighted by Gasteiger charge is 2.19. The number of carbonyl (C=O) groups is 3. The summed E-state index contributed by atoms with van der Waals surface area (Å²) in [7, 11) is 0. The molecule has 0 radical (unpaired) electrons. The van der Waals surface area contributed by atoms with Crippen LogP contribution in [0.25, 0.3) is 0 Å². The second kappa shape index (κ2) is 69.3. The van der Waals surface area contributed by atoms with Gasteiger partial charge in [0.25, 0.3) is 0 Å². The molecule has 0 spiro atoms. The Hall–Kier alpha value is -3.15. The molecule has 0 N–H and O–H groups in total. The first-order chi connectivity index (χ1) is 40.0. The number of ether oxygens (including phenoxy) is 3. The third kappa shape index (κ3) is 67.5. The molecule has 1 unspecified atom stereocenters. The summed E-state index contributed by atoms with van der Waals surface area (Å²) in [5.41, 5.74) is 0. The number of hydrogen-bond donors (Lipinski definition) is 0. The summed E-state index contributed by atoms with van der Waals surface area (Å²) in [6, 6.07) is 0. The first-order valence-electron chi connectivity index (χ1n) is 35.4. The molecule has 0 rings (SSSR count). The first-order valence-corrected chi connectivity index (χ1v) is 35.4. The van der Waals surface area contributed by atoms with Gasteiger partial charge in [-0.05, 0) is 70.6 Å². The van der Waals surface area contributed by atoms with Crippen LogP contribution < -0.4 is 0 Å². The predicted molar refractivity (Wildman–Crippen MR) is 353 cm³/mol. The number of carbonyl (C=O) groups excluding carboxylic acids is 3. The molecule has 0 saturated heterocycles. The Morgan fingerprint density at radius 3 is 0.753 bits per heavy atom. The highest BCUT2D eigenvalue weighted by molar-refractivity contribution is 5.71. The zero-order valence-electron chi connectivity index (χ0n) is 54.1. The van der Waals surface area contributed by atoms with E-state index in [1.165, 1.54) is 231 Å². The largest absolute Gasteiger partial charge is 0.462 e. The molecule has 0 heterocycles. The first kappa shape index (κ1) is 77.9. The average molecular weight is 1130 g/mol. The third-order valence-electron chi connectivity index (χ3n) is 15.7. The Labute approximate surface area is 503 Å². The number of rotatable bonds is 65. The Balaban J connectivity index is 4.09. The quantitative estimate of drug-likeness (QED) is 0.0261. The van der Waals surface area contributed by atoms with Crippen molar-refractivity contribution in [2.45, 2.75) is 374 Å². The topological polar surface area (TPSA) is 78.9 Å². The maximum absolute atomic E-state index is 12.9. The molecule has 470 valence electrons. The van der Waals surface area contributed by atoms with Crippen LogP contribution in [-0.2, 0) is 28.6 Å². The average Bonchev–Trinajstić information content (AvgIpc) is 3.47. The Morgan fingerprint density at radius 1 is 0.259 bits per heavy atom. The molecule has 0 aliphatic rings. The zero-order valence-corrected chi connectivity index (χ0v) is 54.1. The van der Waals surface area contributed by atoms with Gasteiger partial charge in [-0.3, -0.25) is 14.4 Å². The Kier molecular flexibility index (Phi) is 66.6. The Bertz CT molecular complexity index is 1490. The van der Waals surface area contributed by atoms with Gasteiger partial charge in [-0.25, -0.2) is 0 Å². The minimum atomic E-state index is -0.769. The second-order valence-electron chi connectivity index (χ2n) is 23.8. The van der Waals surface area contributed by atoms with Crippen molar-refractivity contribution >= 4 is 17.9 Å². The molecule has 6 heteroatoms. The fourth-order valence-electron chi connectivity index (χ4n) is 10.5. The van der Waals surface area contributed by atoms with Crippen LogP contribution in [0, 0.1) is 0 Å². The van der Waals surface area contributed by atoms with Crippen LogP contribution in [0.4, 0.5) is 0 Å². The number of esters is 3. The lowest BCUT2D eigenvalue weighted by Crippen LogP contribution is -2.30. The SMILES string of the molecule is CC/C=C\C/C=C\C/C=C\C/C=C\C/C=C\C/C=C\CCCCCCCCCCCCCCCCCCC(=O)OCC(COC(=O)CCCCCCCCCCCCC)OC(=O)CCCCCCCCCCCCCCCCCCC. The van der Waals surface area contributed by atoms with Crippen molar-refractivity contribution in [3.05, 3.63) is 72.9 Å². The maximum Gasteiger partial charge on any atom is 0.306 e. The van der Waals surface area contributed by atoms with E-state index in [1.807, 2.05) is 0 Å². The van der Waals surface area contributed by atoms with Gasteiger partial charge >= 0.3 is 17.9 Å². The number of allylic oxidation sites excluding steroid dienone is 12. The van der Waals surface area contributed by atoms with E-state index in [0.29, 0.717) is 19.3 Å². The zero-order chi connectivity index (χ0) is 58.5. The van der Waals surface area contributed by atoms with Gasteiger partial charge in [0.05, 0.1) is 0 Å². The van der Waals surface area contributed by atoms with Gasteiger partial charge in [-0.15, -0.1) is 0 Å². The summed E-state index contributed by atoms with van der Waals surface area (Å²) in [5, 5.41) is 0. The van der Waals surface area contributed by atoms with E-state index in [9.17, 15) is 14.4 Å². The van der Waals surface area contributed by atoms with Crippen molar-refractivity contribution in [3.63, 3.8) is 0 Å². The van der Waals surface area contributed by atoms with Crippen molar-refractivity contribution in [2.75, 3.05) is 13.2 Å². The number of unbranched alkanes of at least 4 members (excludes halogenated alkanes) is 42. The molecule has 0 aromatic heterocycles. The van der Waals surface area contributed by atoms with Crippen molar-refractivity contribution in [2.24, 2.45) is 0 Å². The van der Waals surface area contributed by atoms with E-state index >= 15 is 0 Å². The van der Waals surface area contributed by atoms with Crippen LogP contribution in [0.15, 0.2) is 72.9 Å². The predicted octanol–water partition coefficient (Wildman–Crippen LogP) is 24.4. The lowest BCUT2D eigenvalue weighted by Gasteiger charge is -2.18. The standard InChI is InChI=1S/C75H134O6/c1-4-7-10-13-16-19-22-24-26-28-29-30-31-32-33-34-35-36-37-38-39-40-41-42-43-44-45-47-48-50-53-56-59-62-65-68-74(77)80-71-72(70-79-73(76)67-64-61-58-55-52-21-18-15-12-9-6-3)81-75(78)69-66-63-60-57-54-51-49-46-27-25-23-20-17-14-11-8-5-2/h7,10,16,19,24,26,29-30,32-33,35-36,72H,4-6,8-9,11-15,17-18,20-23,25,27-28,31,34,37-71H2,1-3H3/b10-7-,19-16-,26-24-,30-29-,33-32-,36-35-. The highest BCUT2D eigenvalue weighted by Crippen LogP contribution is 2.18. The third-order valence-corrected chi connectivity index (χ3v) is 15.7. The van der Waals surface area contributed by atoms with E-state index < -0.39 is 6.10 Å². The van der Waals surface area contributed by atoms with Crippen LogP contribution in [0.5, 0.6) is 0 Å². The van der Waals surface area contributed by atoms with Gasteiger partial charge in [0.2, 0.25) is 0 Å². The van der Waals surface area contributed by atoms with Gasteiger partial charge in [-0.1, -0.05) is 351 Å². The smallest absolute Gasteiger partial charge is 0.306 e. The van der Waals surface area contributed by atoms with Crippen molar-refractivity contribution in [3.8, 4) is 0 Å². The molecule has 0 aliphatic heterocycles. The molecule has 0 aliphatic carbocycles. The van der Waals surface area contributed by atoms with Crippen molar-refractivity contribution in [1.82, 2.24) is 0 Å². The maximum atomic E-state index is 12.9. The molecular weight excluding hydrogens is 997 g/mol. The molecule has 0 aromatic carbocycles. The van der Waals surface area contributed by atoms with Gasteiger partial charge in [0.1, 0.15) is 13.2 Å². The highest BCUT2D eigenvalue weighted by atomic mass is 16.6. The van der Waals surface area contributed by atoms with Crippen molar-refractivity contribution < 1.29 is 28.6 Å². The van der Waals surface area contributed by atoms with E-state index in [2.05, 4.69) is 93.7 Å². The lowest BCUT2D eigenvalue weighted by molar-refractivity contribution is -0.167. The molecule has 0 bridgehead atoms. The molecule has 1 atom stereocenters. The lowest BCUT2D eigenvalue weighted by atomic mass is 10.0. The number of hydrogen-bond acceptors (Lipinski definition) is 6. The van der Waals surface area contributed by atoms with E-state index in [4.69, 9.17) is 14.2 Å². The van der Waals surface area contributed by atoms with E-state index in [1.54, 1.807) is 0 Å². The van der Waals surface area contributed by atoms with Crippen molar-refractivity contribution in [1.29, 1.82) is 0 Å². The molecular formula is C75H134O6. The monoisotopic (exact) mass is 1130 g/mol. The molecule has 0 aromatic rings.